The van der Waals surface area contributed by atoms with Crippen molar-refractivity contribution in [2.75, 3.05) is 31.6 Å². The molecule has 3 rings (SSSR count). The number of nitrogens with one attached hydrogen (secondary N) is 1. The molecule has 0 spiro atoms. The molecule has 10 heteroatoms. The molecule has 3 aromatic carbocycles. The molecule has 3 aromatic rings. The molecule has 1 N–H and O–H groups in total. The number of para-hydroxylation sites is 1. The highest BCUT2D eigenvalue weighted by atomic mass is 32.2. The van der Waals surface area contributed by atoms with E-state index in [0.717, 1.165) is 15.4 Å². The van der Waals surface area contributed by atoms with Gasteiger partial charge in [-0.15, -0.1) is 0 Å². The third-order valence-electron chi connectivity index (χ3n) is 6.72. The molecule has 0 aliphatic heterocycles. The van der Waals surface area contributed by atoms with E-state index in [2.05, 4.69) is 5.32 Å². The van der Waals surface area contributed by atoms with Crippen LogP contribution in [0.3, 0.4) is 0 Å². The second-order valence-corrected chi connectivity index (χ2v) is 12.0. The second kappa shape index (κ2) is 14.0. The van der Waals surface area contributed by atoms with Crippen LogP contribution in [0.2, 0.25) is 0 Å². The Kier molecular flexibility index (Phi) is 10.8. The minimum Gasteiger partial charge on any atom is -0.493 e. The summed E-state index contributed by atoms with van der Waals surface area (Å²) in [5.74, 6) is 0.0128. The molecular formula is C31H39N3O6S. The van der Waals surface area contributed by atoms with E-state index in [1.54, 1.807) is 37.3 Å². The first-order valence-electron chi connectivity index (χ1n) is 13.4. The average molecular weight is 582 g/mol. The number of rotatable bonds is 13. The Morgan fingerprint density at radius 1 is 0.878 bits per heavy atom. The van der Waals surface area contributed by atoms with Crippen LogP contribution in [0.5, 0.6) is 11.5 Å². The van der Waals surface area contributed by atoms with Crippen molar-refractivity contribution < 1.29 is 27.5 Å². The lowest BCUT2D eigenvalue weighted by Crippen LogP contribution is -2.51. The number of methoxy groups -OCH3 is 2. The number of nitrogens with zero attached hydrogens (tertiary/aromatic N) is 2. The number of aryl methyl sites for hydroxylation is 1. The molecule has 0 aromatic heterocycles. The van der Waals surface area contributed by atoms with Crippen molar-refractivity contribution in [3.63, 3.8) is 0 Å². The van der Waals surface area contributed by atoms with Gasteiger partial charge in [-0.05, 0) is 55.2 Å². The van der Waals surface area contributed by atoms with E-state index in [0.29, 0.717) is 18.0 Å². The molecule has 0 unspecified atom stereocenters. The number of carbonyl (C=O) groups is 2. The zero-order chi connectivity index (χ0) is 30.2. The van der Waals surface area contributed by atoms with Gasteiger partial charge in [-0.1, -0.05) is 56.3 Å². The maximum atomic E-state index is 14.0. The lowest BCUT2D eigenvalue weighted by atomic mass is 10.1. The van der Waals surface area contributed by atoms with Crippen LogP contribution in [-0.2, 0) is 26.2 Å². The van der Waals surface area contributed by atoms with Crippen molar-refractivity contribution >= 4 is 27.5 Å². The molecule has 9 nitrogen and oxygen atoms in total. The van der Waals surface area contributed by atoms with Crippen LogP contribution >= 0.6 is 0 Å². The van der Waals surface area contributed by atoms with E-state index in [1.165, 1.54) is 37.3 Å². The fraction of sp³-hybridized carbons (Fsp3) is 0.355. The van der Waals surface area contributed by atoms with Crippen molar-refractivity contribution in [1.82, 2.24) is 10.2 Å². The number of carbonyl (C=O) groups excluding carboxylic acids is 2. The predicted molar refractivity (Wildman–Crippen MR) is 160 cm³/mol. The number of hydrogen-bond donors (Lipinski definition) is 1. The topological polar surface area (TPSA) is 105 Å². The second-order valence-electron chi connectivity index (χ2n) is 10.1. The van der Waals surface area contributed by atoms with Crippen LogP contribution in [0.1, 0.15) is 31.9 Å². The number of anilines is 1. The first-order valence-corrected chi connectivity index (χ1v) is 14.8. The fourth-order valence-corrected chi connectivity index (χ4v) is 5.66. The molecule has 41 heavy (non-hydrogen) atoms. The summed E-state index contributed by atoms with van der Waals surface area (Å²) in [6.45, 7) is 7.63. The van der Waals surface area contributed by atoms with Gasteiger partial charge in [0.15, 0.2) is 11.5 Å². The minimum atomic E-state index is -4.24. The SMILES string of the molecule is COc1ccc(S(=O)(=O)N(CC(=O)N(Cc2ccccc2C)[C@@H](C)C(=O)NCC(C)C)c2ccccc2)cc1OC. The largest absolute Gasteiger partial charge is 0.493 e. The molecule has 0 bridgehead atoms. The van der Waals surface area contributed by atoms with E-state index in [4.69, 9.17) is 9.47 Å². The fourth-order valence-electron chi connectivity index (χ4n) is 4.23. The van der Waals surface area contributed by atoms with Gasteiger partial charge in [0.05, 0.1) is 24.8 Å². The highest BCUT2D eigenvalue weighted by Crippen LogP contribution is 2.32. The summed E-state index contributed by atoms with van der Waals surface area (Å²) in [5.41, 5.74) is 2.12. The summed E-state index contributed by atoms with van der Waals surface area (Å²) in [7, 11) is -1.36. The third-order valence-corrected chi connectivity index (χ3v) is 8.49. The summed E-state index contributed by atoms with van der Waals surface area (Å²) in [5, 5.41) is 2.89. The molecule has 0 saturated heterocycles. The van der Waals surface area contributed by atoms with Crippen molar-refractivity contribution in [3.05, 3.63) is 83.9 Å². The van der Waals surface area contributed by atoms with Crippen LogP contribution in [0, 0.1) is 12.8 Å². The van der Waals surface area contributed by atoms with Gasteiger partial charge in [-0.2, -0.15) is 0 Å². The summed E-state index contributed by atoms with van der Waals surface area (Å²) < 4.78 is 39.7. The van der Waals surface area contributed by atoms with Crippen molar-refractivity contribution in [1.29, 1.82) is 0 Å². The number of sulfonamides is 1. The normalized spacial score (nSPS) is 12.0. The molecule has 1 atom stereocenters. The van der Waals surface area contributed by atoms with Crippen LogP contribution < -0.4 is 19.1 Å². The molecule has 2 amide bonds. The first-order chi connectivity index (χ1) is 19.5. The Balaban J connectivity index is 2.04. The smallest absolute Gasteiger partial charge is 0.264 e. The number of benzene rings is 3. The average Bonchev–Trinajstić information content (AvgIpc) is 2.97. The van der Waals surface area contributed by atoms with Gasteiger partial charge in [0.2, 0.25) is 11.8 Å². The maximum Gasteiger partial charge on any atom is 0.264 e. The van der Waals surface area contributed by atoms with E-state index < -0.39 is 28.5 Å². The molecule has 0 radical (unpaired) electrons. The zero-order valence-corrected chi connectivity index (χ0v) is 25.3. The molecule has 0 fully saturated rings. The standard InChI is InChI=1S/C31H39N3O6S/c1-22(2)19-32-31(36)24(4)33(20-25-13-11-10-12-23(25)3)30(35)21-34(26-14-8-7-9-15-26)41(37,38)27-16-17-28(39-5)29(18-27)40-6/h7-18,22,24H,19-21H2,1-6H3,(H,32,36)/t24-/m0/s1. The quantitative estimate of drug-likeness (QED) is 0.321. The van der Waals surface area contributed by atoms with E-state index in [-0.39, 0.29) is 29.0 Å². The summed E-state index contributed by atoms with van der Waals surface area (Å²) in [4.78, 5) is 28.5. The molecule has 0 aliphatic rings. The number of ether oxygens (including phenoxy) is 2. The van der Waals surface area contributed by atoms with Gasteiger partial charge >= 0.3 is 0 Å². The highest BCUT2D eigenvalue weighted by molar-refractivity contribution is 7.92. The minimum absolute atomic E-state index is 0.0695. The third kappa shape index (κ3) is 7.79. The molecule has 0 saturated carbocycles. The predicted octanol–water partition coefficient (Wildman–Crippen LogP) is 4.40. The highest BCUT2D eigenvalue weighted by Gasteiger charge is 2.33. The van der Waals surface area contributed by atoms with E-state index in [1.807, 2.05) is 45.0 Å². The van der Waals surface area contributed by atoms with Crippen molar-refractivity contribution in [2.24, 2.45) is 5.92 Å². The monoisotopic (exact) mass is 581 g/mol. The summed E-state index contributed by atoms with van der Waals surface area (Å²) in [6.07, 6.45) is 0. The van der Waals surface area contributed by atoms with Gasteiger partial charge < -0.3 is 19.7 Å². The Labute approximate surface area is 243 Å². The molecule has 0 aliphatic carbocycles. The van der Waals surface area contributed by atoms with Crippen molar-refractivity contribution in [2.45, 2.75) is 45.2 Å². The van der Waals surface area contributed by atoms with Gasteiger partial charge in [0.1, 0.15) is 12.6 Å². The van der Waals surface area contributed by atoms with E-state index in [9.17, 15) is 18.0 Å². The van der Waals surface area contributed by atoms with Gasteiger partial charge in [0, 0.05) is 19.2 Å². The zero-order valence-electron chi connectivity index (χ0n) is 24.5. The van der Waals surface area contributed by atoms with Gasteiger partial charge in [0.25, 0.3) is 10.0 Å². The molecule has 0 heterocycles. The first kappa shape index (κ1) is 31.5. The lowest BCUT2D eigenvalue weighted by molar-refractivity contribution is -0.139. The van der Waals surface area contributed by atoms with E-state index >= 15 is 0 Å². The van der Waals surface area contributed by atoms with Crippen LogP contribution in [0.4, 0.5) is 5.69 Å². The Morgan fingerprint density at radius 2 is 1.51 bits per heavy atom. The van der Waals surface area contributed by atoms with Gasteiger partial charge in [-0.25, -0.2) is 8.42 Å². The Bertz CT molecular complexity index is 1440. The van der Waals surface area contributed by atoms with Gasteiger partial charge in [-0.3, -0.25) is 13.9 Å². The maximum absolute atomic E-state index is 14.0. The summed E-state index contributed by atoms with van der Waals surface area (Å²) >= 11 is 0. The van der Waals surface area contributed by atoms with Crippen LogP contribution in [-0.4, -0.2) is 58.5 Å². The Morgan fingerprint density at radius 3 is 2.12 bits per heavy atom. The number of amides is 2. The van der Waals surface area contributed by atoms with Crippen LogP contribution in [0.25, 0.3) is 0 Å². The molecule has 220 valence electrons. The number of hydrogen-bond acceptors (Lipinski definition) is 6. The van der Waals surface area contributed by atoms with Crippen molar-refractivity contribution in [3.8, 4) is 11.5 Å². The molecular weight excluding hydrogens is 542 g/mol. The lowest BCUT2D eigenvalue weighted by Gasteiger charge is -2.32. The summed E-state index contributed by atoms with van der Waals surface area (Å²) in [6, 6.07) is 19.4. The Hall–Kier alpha value is -4.05. The van der Waals surface area contributed by atoms with Crippen LogP contribution in [0.15, 0.2) is 77.7 Å².